The van der Waals surface area contributed by atoms with E-state index < -0.39 is 0 Å². The van der Waals surface area contributed by atoms with Gasteiger partial charge in [-0.2, -0.15) is 0 Å². The van der Waals surface area contributed by atoms with Crippen LogP contribution in [0.5, 0.6) is 0 Å². The van der Waals surface area contributed by atoms with Crippen molar-refractivity contribution < 1.29 is 4.39 Å². The van der Waals surface area contributed by atoms with Crippen LogP contribution in [-0.4, -0.2) is 11.4 Å². The summed E-state index contributed by atoms with van der Waals surface area (Å²) in [5, 5.41) is 0. The standard InChI is InChI=1S/C17H19FN2/c18-16-8-7-15(17(19)10-16)12-20-9-3-6-13-4-1-2-5-14(13)11-20/h1-2,4-5,7-8,10H,3,6,9,11-12,19H2. The summed E-state index contributed by atoms with van der Waals surface area (Å²) in [5.74, 6) is -0.271. The summed E-state index contributed by atoms with van der Waals surface area (Å²) in [6.07, 6.45) is 2.28. The van der Waals surface area contributed by atoms with E-state index in [0.717, 1.165) is 38.0 Å². The molecule has 0 spiro atoms. The van der Waals surface area contributed by atoms with Crippen molar-refractivity contribution in [2.24, 2.45) is 0 Å². The normalized spacial score (nSPS) is 15.7. The minimum Gasteiger partial charge on any atom is -0.398 e. The number of nitrogen functional groups attached to an aromatic ring is 1. The van der Waals surface area contributed by atoms with E-state index in [-0.39, 0.29) is 5.82 Å². The average Bonchev–Trinajstić information content (AvgIpc) is 2.63. The lowest BCUT2D eigenvalue weighted by Crippen LogP contribution is -2.23. The van der Waals surface area contributed by atoms with Gasteiger partial charge in [-0.05, 0) is 48.2 Å². The Kier molecular flexibility index (Phi) is 3.70. The van der Waals surface area contributed by atoms with Gasteiger partial charge in [0.2, 0.25) is 0 Å². The first-order chi connectivity index (χ1) is 9.72. The van der Waals surface area contributed by atoms with Crippen LogP contribution in [0.2, 0.25) is 0 Å². The number of aryl methyl sites for hydroxylation is 1. The molecule has 0 fully saturated rings. The lowest BCUT2D eigenvalue weighted by atomic mass is 10.0. The van der Waals surface area contributed by atoms with Gasteiger partial charge in [-0.25, -0.2) is 4.39 Å². The summed E-state index contributed by atoms with van der Waals surface area (Å²) in [4.78, 5) is 2.38. The number of nitrogens with zero attached hydrogens (tertiary/aromatic N) is 1. The molecule has 1 aliphatic rings. The van der Waals surface area contributed by atoms with Crippen molar-refractivity contribution in [3.05, 3.63) is 65.0 Å². The van der Waals surface area contributed by atoms with Crippen LogP contribution in [0, 0.1) is 5.82 Å². The van der Waals surface area contributed by atoms with Crippen LogP contribution >= 0.6 is 0 Å². The van der Waals surface area contributed by atoms with Crippen LogP contribution in [0.4, 0.5) is 10.1 Å². The summed E-state index contributed by atoms with van der Waals surface area (Å²) in [6.45, 7) is 2.76. The van der Waals surface area contributed by atoms with Gasteiger partial charge in [0.25, 0.3) is 0 Å². The van der Waals surface area contributed by atoms with Crippen molar-refractivity contribution in [2.45, 2.75) is 25.9 Å². The number of fused-ring (bicyclic) bond motifs is 1. The molecule has 2 nitrogen and oxygen atoms in total. The van der Waals surface area contributed by atoms with E-state index >= 15 is 0 Å². The summed E-state index contributed by atoms with van der Waals surface area (Å²) in [7, 11) is 0. The Balaban J connectivity index is 1.78. The van der Waals surface area contributed by atoms with E-state index in [9.17, 15) is 4.39 Å². The third-order valence-corrected chi connectivity index (χ3v) is 3.93. The third kappa shape index (κ3) is 2.83. The monoisotopic (exact) mass is 270 g/mol. The molecule has 1 heterocycles. The van der Waals surface area contributed by atoms with Crippen molar-refractivity contribution in [3.8, 4) is 0 Å². The fourth-order valence-electron chi connectivity index (χ4n) is 2.85. The van der Waals surface area contributed by atoms with Crippen molar-refractivity contribution in [2.75, 3.05) is 12.3 Å². The number of nitrogens with two attached hydrogens (primary N) is 1. The first kappa shape index (κ1) is 13.1. The van der Waals surface area contributed by atoms with Crippen LogP contribution in [-0.2, 0) is 19.5 Å². The fourth-order valence-corrected chi connectivity index (χ4v) is 2.85. The molecule has 1 aliphatic heterocycles. The van der Waals surface area contributed by atoms with Crippen LogP contribution in [0.1, 0.15) is 23.1 Å². The number of hydrogen-bond acceptors (Lipinski definition) is 2. The van der Waals surface area contributed by atoms with Crippen molar-refractivity contribution in [3.63, 3.8) is 0 Å². The first-order valence-electron chi connectivity index (χ1n) is 7.05. The minimum absolute atomic E-state index is 0.271. The molecule has 0 saturated heterocycles. The summed E-state index contributed by atoms with van der Waals surface area (Å²) < 4.78 is 13.1. The highest BCUT2D eigenvalue weighted by Gasteiger charge is 2.15. The third-order valence-electron chi connectivity index (χ3n) is 3.93. The molecule has 2 aromatic rings. The molecule has 0 atom stereocenters. The largest absolute Gasteiger partial charge is 0.398 e. The van der Waals surface area contributed by atoms with E-state index in [1.165, 1.54) is 23.3 Å². The molecule has 0 aliphatic carbocycles. The molecule has 0 unspecified atom stereocenters. The molecule has 2 aromatic carbocycles. The number of hydrogen-bond donors (Lipinski definition) is 1. The number of anilines is 1. The highest BCUT2D eigenvalue weighted by molar-refractivity contribution is 5.46. The van der Waals surface area contributed by atoms with E-state index in [0.29, 0.717) is 5.69 Å². The van der Waals surface area contributed by atoms with Crippen LogP contribution in [0.15, 0.2) is 42.5 Å². The van der Waals surface area contributed by atoms with E-state index in [4.69, 9.17) is 5.73 Å². The van der Waals surface area contributed by atoms with Gasteiger partial charge >= 0.3 is 0 Å². The predicted octanol–water partition coefficient (Wildman–Crippen LogP) is 3.36. The van der Waals surface area contributed by atoms with Crippen molar-refractivity contribution in [1.82, 2.24) is 4.90 Å². The molecular weight excluding hydrogens is 251 g/mol. The maximum Gasteiger partial charge on any atom is 0.125 e. The highest BCUT2D eigenvalue weighted by atomic mass is 19.1. The van der Waals surface area contributed by atoms with Gasteiger partial charge in [-0.3, -0.25) is 4.90 Å². The zero-order valence-corrected chi connectivity index (χ0v) is 11.5. The topological polar surface area (TPSA) is 29.3 Å². The van der Waals surface area contributed by atoms with E-state index in [1.807, 2.05) is 0 Å². The lowest BCUT2D eigenvalue weighted by Gasteiger charge is -2.21. The van der Waals surface area contributed by atoms with Gasteiger partial charge in [-0.1, -0.05) is 30.3 Å². The van der Waals surface area contributed by atoms with Crippen LogP contribution in [0.3, 0.4) is 0 Å². The second kappa shape index (κ2) is 5.63. The SMILES string of the molecule is Nc1cc(F)ccc1CN1CCCc2ccccc2C1. The van der Waals surface area contributed by atoms with Crippen molar-refractivity contribution in [1.29, 1.82) is 0 Å². The number of halogens is 1. The molecule has 3 rings (SSSR count). The zero-order valence-electron chi connectivity index (χ0n) is 11.5. The molecule has 0 aromatic heterocycles. The highest BCUT2D eigenvalue weighted by Crippen LogP contribution is 2.22. The molecular formula is C17H19FN2. The first-order valence-corrected chi connectivity index (χ1v) is 7.05. The molecule has 0 amide bonds. The smallest absolute Gasteiger partial charge is 0.125 e. The van der Waals surface area contributed by atoms with Crippen LogP contribution < -0.4 is 5.73 Å². The molecule has 104 valence electrons. The Morgan fingerprint density at radius 1 is 1.10 bits per heavy atom. The quantitative estimate of drug-likeness (QED) is 0.848. The van der Waals surface area contributed by atoms with E-state index in [1.54, 1.807) is 6.07 Å². The Morgan fingerprint density at radius 3 is 2.70 bits per heavy atom. The van der Waals surface area contributed by atoms with E-state index in [2.05, 4.69) is 29.2 Å². The summed E-state index contributed by atoms with van der Waals surface area (Å²) in [5.41, 5.74) is 10.3. The second-order valence-corrected chi connectivity index (χ2v) is 5.43. The molecule has 2 N–H and O–H groups in total. The van der Waals surface area contributed by atoms with Gasteiger partial charge in [-0.15, -0.1) is 0 Å². The molecule has 3 heteroatoms. The Bertz CT molecular complexity index is 610. The predicted molar refractivity (Wildman–Crippen MR) is 79.7 cm³/mol. The minimum atomic E-state index is -0.271. The maximum atomic E-state index is 13.1. The molecule has 0 saturated carbocycles. The van der Waals surface area contributed by atoms with Gasteiger partial charge in [0, 0.05) is 18.8 Å². The molecule has 0 radical (unpaired) electrons. The Labute approximate surface area is 119 Å². The van der Waals surface area contributed by atoms with Gasteiger partial charge in [0.05, 0.1) is 0 Å². The Hall–Kier alpha value is -1.87. The van der Waals surface area contributed by atoms with Gasteiger partial charge in [0.1, 0.15) is 5.82 Å². The maximum absolute atomic E-state index is 13.1. The average molecular weight is 270 g/mol. The lowest BCUT2D eigenvalue weighted by molar-refractivity contribution is 0.261. The number of benzene rings is 2. The van der Waals surface area contributed by atoms with Gasteiger partial charge < -0.3 is 5.73 Å². The van der Waals surface area contributed by atoms with Gasteiger partial charge in [0.15, 0.2) is 0 Å². The summed E-state index contributed by atoms with van der Waals surface area (Å²) in [6, 6.07) is 13.3. The molecule has 20 heavy (non-hydrogen) atoms. The zero-order chi connectivity index (χ0) is 13.9. The van der Waals surface area contributed by atoms with Crippen molar-refractivity contribution >= 4 is 5.69 Å². The Morgan fingerprint density at radius 2 is 1.90 bits per heavy atom. The summed E-state index contributed by atoms with van der Waals surface area (Å²) >= 11 is 0. The number of rotatable bonds is 2. The second-order valence-electron chi connectivity index (χ2n) is 5.43. The molecule has 0 bridgehead atoms. The fraction of sp³-hybridized carbons (Fsp3) is 0.294. The van der Waals surface area contributed by atoms with Crippen LogP contribution in [0.25, 0.3) is 0 Å².